The van der Waals surface area contributed by atoms with Gasteiger partial charge in [0.2, 0.25) is 0 Å². The van der Waals surface area contributed by atoms with Gasteiger partial charge in [-0.3, -0.25) is 4.84 Å². The molecule has 10 heavy (non-hydrogen) atoms. The fourth-order valence-electron chi connectivity index (χ4n) is 0.298. The Morgan fingerprint density at radius 1 is 1.80 bits per heavy atom. The van der Waals surface area contributed by atoms with Gasteiger partial charge in [0, 0.05) is 0 Å². The molecule has 0 unspecified atom stereocenters. The Labute approximate surface area is 59.1 Å². The summed E-state index contributed by atoms with van der Waals surface area (Å²) in [4.78, 5) is 14.2. The van der Waals surface area contributed by atoms with E-state index in [2.05, 4.69) is 20.4 Å². The molecule has 1 aromatic rings. The Balaban J connectivity index is 2.74. The van der Waals surface area contributed by atoms with Crippen LogP contribution in [0, 0.1) is 0 Å². The molecule has 0 aliphatic carbocycles. The van der Waals surface area contributed by atoms with Gasteiger partial charge in [-0.25, -0.2) is 4.79 Å². The molecule has 0 radical (unpaired) electrons. The van der Waals surface area contributed by atoms with Crippen molar-refractivity contribution in [3.8, 4) is 0 Å². The van der Waals surface area contributed by atoms with E-state index in [4.69, 9.17) is 16.7 Å². The number of nitrogens with zero attached hydrogens (tertiary/aromatic N) is 4. The maximum Gasteiger partial charge on any atom is 0.532 e. The number of hydrogen-bond donors (Lipinski definition) is 1. The van der Waals surface area contributed by atoms with Crippen LogP contribution in [0.1, 0.15) is 0 Å². The van der Waals surface area contributed by atoms with Gasteiger partial charge in [0.05, 0.1) is 0 Å². The minimum atomic E-state index is -1.53. The highest BCUT2D eigenvalue weighted by atomic mass is 35.5. The molecule has 7 nitrogen and oxygen atoms in total. The van der Waals surface area contributed by atoms with Crippen molar-refractivity contribution in [1.82, 2.24) is 20.4 Å². The fourth-order valence-corrected chi connectivity index (χ4v) is 0.400. The van der Waals surface area contributed by atoms with Crippen molar-refractivity contribution in [2.45, 2.75) is 0 Å². The monoisotopic (exact) mass is 164 g/mol. The third-order valence-electron chi connectivity index (χ3n) is 0.571. The minimum absolute atomic E-state index is 0.248. The molecule has 1 aromatic heterocycles. The van der Waals surface area contributed by atoms with Crippen molar-refractivity contribution in [2.75, 3.05) is 0 Å². The molecule has 1 heterocycles. The zero-order valence-electron chi connectivity index (χ0n) is 4.43. The summed E-state index contributed by atoms with van der Waals surface area (Å²) < 4.78 is 0. The summed E-state index contributed by atoms with van der Waals surface area (Å²) in [6.45, 7) is 0. The second kappa shape index (κ2) is 2.48. The summed E-state index contributed by atoms with van der Waals surface area (Å²) >= 11 is 5.22. The summed E-state index contributed by atoms with van der Waals surface area (Å²) in [6.07, 6.45) is -1.53. The first-order valence-electron chi connectivity index (χ1n) is 2.05. The van der Waals surface area contributed by atoms with Crippen LogP contribution in [0.5, 0.6) is 0 Å². The van der Waals surface area contributed by atoms with E-state index in [1.165, 1.54) is 0 Å². The van der Waals surface area contributed by atoms with Crippen LogP contribution >= 0.6 is 11.6 Å². The number of tetrazole rings is 1. The second-order valence-corrected chi connectivity index (χ2v) is 1.52. The summed E-state index contributed by atoms with van der Waals surface area (Å²) in [5.41, 5.74) is 0. The van der Waals surface area contributed by atoms with E-state index < -0.39 is 6.16 Å². The van der Waals surface area contributed by atoms with Gasteiger partial charge in [-0.05, 0) is 26.9 Å². The Morgan fingerprint density at radius 2 is 2.50 bits per heavy atom. The molecule has 0 atom stereocenters. The summed E-state index contributed by atoms with van der Waals surface area (Å²) in [5.74, 6) is 0. The van der Waals surface area contributed by atoms with Gasteiger partial charge >= 0.3 is 6.16 Å². The van der Waals surface area contributed by atoms with Crippen LogP contribution in [0.15, 0.2) is 0 Å². The molecule has 54 valence electrons. The largest absolute Gasteiger partial charge is 0.532 e. The number of carboxylic acid groups (broad SMARTS) is 1. The van der Waals surface area contributed by atoms with E-state index in [-0.39, 0.29) is 5.28 Å². The van der Waals surface area contributed by atoms with Crippen LogP contribution in [0.3, 0.4) is 0 Å². The summed E-state index contributed by atoms with van der Waals surface area (Å²) in [7, 11) is 0. The molecular formula is C2HClN4O3. The number of halogens is 1. The Bertz CT molecular complexity index is 246. The lowest BCUT2D eigenvalue weighted by Crippen LogP contribution is -2.18. The van der Waals surface area contributed by atoms with E-state index in [0.29, 0.717) is 4.85 Å². The molecule has 0 aromatic carbocycles. The van der Waals surface area contributed by atoms with Crippen LogP contribution in [-0.4, -0.2) is 31.6 Å². The summed E-state index contributed by atoms with van der Waals surface area (Å²) in [6, 6.07) is 0. The van der Waals surface area contributed by atoms with Crippen molar-refractivity contribution in [2.24, 2.45) is 0 Å². The predicted octanol–water partition coefficient (Wildman–Crippen LogP) is -0.567. The lowest BCUT2D eigenvalue weighted by atomic mass is 11.3. The van der Waals surface area contributed by atoms with Gasteiger partial charge in [-0.2, -0.15) is 0 Å². The smallest absolute Gasteiger partial charge is 0.448 e. The lowest BCUT2D eigenvalue weighted by molar-refractivity contribution is 0.0661. The molecule has 1 N–H and O–H groups in total. The van der Waals surface area contributed by atoms with E-state index >= 15 is 0 Å². The number of aromatic nitrogens is 4. The van der Waals surface area contributed by atoms with Crippen molar-refractivity contribution in [1.29, 1.82) is 0 Å². The predicted molar refractivity (Wildman–Crippen MR) is 27.4 cm³/mol. The molecule has 0 amide bonds. The maximum absolute atomic E-state index is 9.82. The SMILES string of the molecule is O=C(O)On1nnnc1Cl. The van der Waals surface area contributed by atoms with Crippen molar-refractivity contribution < 1.29 is 14.7 Å². The normalized spacial score (nSPS) is 9.30. The summed E-state index contributed by atoms with van der Waals surface area (Å²) in [5, 5.41) is 17.0. The quantitative estimate of drug-likeness (QED) is 0.559. The molecular weight excluding hydrogens is 164 g/mol. The van der Waals surface area contributed by atoms with Gasteiger partial charge in [0.25, 0.3) is 5.28 Å². The molecule has 0 bridgehead atoms. The molecule has 8 heteroatoms. The highest BCUT2D eigenvalue weighted by molar-refractivity contribution is 6.28. The first-order chi connectivity index (χ1) is 4.70. The highest BCUT2D eigenvalue weighted by Crippen LogP contribution is 1.95. The van der Waals surface area contributed by atoms with Crippen LogP contribution in [0.4, 0.5) is 4.79 Å². The van der Waals surface area contributed by atoms with E-state index in [0.717, 1.165) is 0 Å². The van der Waals surface area contributed by atoms with Crippen LogP contribution < -0.4 is 4.84 Å². The molecule has 1 rings (SSSR count). The van der Waals surface area contributed by atoms with Gasteiger partial charge in [-0.1, -0.05) is 5.10 Å². The average Bonchev–Trinajstić information content (AvgIpc) is 2.15. The Hall–Kier alpha value is -1.37. The zero-order valence-corrected chi connectivity index (χ0v) is 5.19. The fraction of sp³-hybridized carbons (Fsp3) is 0. The van der Waals surface area contributed by atoms with Gasteiger partial charge in [0.15, 0.2) is 0 Å². The van der Waals surface area contributed by atoms with E-state index in [1.807, 2.05) is 0 Å². The molecule has 0 aliphatic heterocycles. The number of rotatable bonds is 1. The van der Waals surface area contributed by atoms with E-state index in [1.54, 1.807) is 0 Å². The van der Waals surface area contributed by atoms with Crippen molar-refractivity contribution in [3.05, 3.63) is 5.28 Å². The first-order valence-corrected chi connectivity index (χ1v) is 2.43. The molecule has 0 aliphatic rings. The maximum atomic E-state index is 9.82. The topological polar surface area (TPSA) is 90.1 Å². The minimum Gasteiger partial charge on any atom is -0.448 e. The first kappa shape index (κ1) is 6.75. The lowest BCUT2D eigenvalue weighted by Gasteiger charge is -1.92. The number of hydrogen-bond acceptors (Lipinski definition) is 5. The second-order valence-electron chi connectivity index (χ2n) is 1.18. The Morgan fingerprint density at radius 3 is 2.90 bits per heavy atom. The highest BCUT2D eigenvalue weighted by Gasteiger charge is 2.06. The van der Waals surface area contributed by atoms with E-state index in [9.17, 15) is 4.79 Å². The third-order valence-corrected chi connectivity index (χ3v) is 0.791. The number of carbonyl (C=O) groups is 1. The van der Waals surface area contributed by atoms with Crippen molar-refractivity contribution >= 4 is 17.8 Å². The van der Waals surface area contributed by atoms with Gasteiger partial charge in [0.1, 0.15) is 0 Å². The third kappa shape index (κ3) is 1.32. The van der Waals surface area contributed by atoms with Crippen LogP contribution in [0.25, 0.3) is 0 Å². The molecule has 0 spiro atoms. The van der Waals surface area contributed by atoms with Gasteiger partial charge < -0.3 is 5.11 Å². The van der Waals surface area contributed by atoms with Crippen molar-refractivity contribution in [3.63, 3.8) is 0 Å². The molecule has 0 fully saturated rings. The Kier molecular flexibility index (Phi) is 1.67. The standard InChI is InChI=1S/C2HClN4O3/c3-1-4-5-6-7(1)10-2(8)9/h(H,8,9). The van der Waals surface area contributed by atoms with Crippen LogP contribution in [-0.2, 0) is 0 Å². The molecule has 0 saturated heterocycles. The van der Waals surface area contributed by atoms with Gasteiger partial charge in [-0.15, -0.1) is 0 Å². The zero-order chi connectivity index (χ0) is 7.56. The molecule has 0 saturated carbocycles. The average molecular weight is 165 g/mol. The van der Waals surface area contributed by atoms with Crippen LogP contribution in [0.2, 0.25) is 5.28 Å².